The van der Waals surface area contributed by atoms with Crippen LogP contribution in [0.5, 0.6) is 5.75 Å². The molecular formula is C14H21N3O4. The van der Waals surface area contributed by atoms with Crippen molar-refractivity contribution in [1.29, 1.82) is 0 Å². The molecule has 1 aromatic carbocycles. The van der Waals surface area contributed by atoms with Gasteiger partial charge in [0.05, 0.1) is 23.7 Å². The molecule has 1 saturated heterocycles. The van der Waals surface area contributed by atoms with Gasteiger partial charge in [-0.05, 0) is 26.0 Å². The average Bonchev–Trinajstić information content (AvgIpc) is 2.45. The van der Waals surface area contributed by atoms with Crippen LogP contribution >= 0.6 is 0 Å². The summed E-state index contributed by atoms with van der Waals surface area (Å²) in [7, 11) is 0. The van der Waals surface area contributed by atoms with Gasteiger partial charge < -0.3 is 20.1 Å². The van der Waals surface area contributed by atoms with E-state index in [1.807, 2.05) is 13.8 Å². The normalized spacial score (nSPS) is 18.5. The van der Waals surface area contributed by atoms with Gasteiger partial charge in [-0.25, -0.2) is 0 Å². The first-order chi connectivity index (χ1) is 10.1. The minimum absolute atomic E-state index is 0.00743. The number of benzene rings is 1. The third kappa shape index (κ3) is 4.30. The molecule has 1 aliphatic rings. The van der Waals surface area contributed by atoms with Crippen molar-refractivity contribution in [3.8, 4) is 5.75 Å². The number of hydrogen-bond donors (Lipinski definition) is 2. The number of ether oxygens (including phenoxy) is 2. The number of nitrogens with one attached hydrogen (secondary N) is 2. The SMILES string of the molecule is CC(C)Oc1cccc(NCC2CNCCO2)c1[N+](=O)[O-]. The molecule has 1 heterocycles. The molecule has 0 spiro atoms. The number of para-hydroxylation sites is 1. The van der Waals surface area contributed by atoms with Crippen LogP contribution in [-0.4, -0.2) is 43.4 Å². The molecule has 116 valence electrons. The predicted octanol–water partition coefficient (Wildman–Crippen LogP) is 1.78. The van der Waals surface area contributed by atoms with Gasteiger partial charge in [0.2, 0.25) is 0 Å². The number of morpholine rings is 1. The lowest BCUT2D eigenvalue weighted by atomic mass is 10.2. The number of nitrogens with zero attached hydrogens (tertiary/aromatic N) is 1. The summed E-state index contributed by atoms with van der Waals surface area (Å²) in [5, 5.41) is 17.6. The fraction of sp³-hybridized carbons (Fsp3) is 0.571. The van der Waals surface area contributed by atoms with Crippen molar-refractivity contribution in [2.45, 2.75) is 26.1 Å². The summed E-state index contributed by atoms with van der Waals surface area (Å²) in [6.07, 6.45) is -0.113. The first kappa shape index (κ1) is 15.5. The molecule has 21 heavy (non-hydrogen) atoms. The largest absolute Gasteiger partial charge is 0.484 e. The van der Waals surface area contributed by atoms with Crippen LogP contribution in [0.3, 0.4) is 0 Å². The van der Waals surface area contributed by atoms with E-state index in [4.69, 9.17) is 9.47 Å². The maximum atomic E-state index is 11.3. The molecule has 2 N–H and O–H groups in total. The summed E-state index contributed by atoms with van der Waals surface area (Å²) >= 11 is 0. The lowest BCUT2D eigenvalue weighted by Gasteiger charge is -2.24. The zero-order valence-electron chi connectivity index (χ0n) is 12.3. The summed E-state index contributed by atoms with van der Waals surface area (Å²) in [4.78, 5) is 10.9. The van der Waals surface area contributed by atoms with E-state index < -0.39 is 4.92 Å². The molecular weight excluding hydrogens is 274 g/mol. The first-order valence-electron chi connectivity index (χ1n) is 7.08. The van der Waals surface area contributed by atoms with Crippen molar-refractivity contribution in [1.82, 2.24) is 5.32 Å². The van der Waals surface area contributed by atoms with Crippen LogP contribution in [0.15, 0.2) is 18.2 Å². The van der Waals surface area contributed by atoms with Gasteiger partial charge in [-0.15, -0.1) is 0 Å². The van der Waals surface area contributed by atoms with Crippen LogP contribution in [0, 0.1) is 10.1 Å². The predicted molar refractivity (Wildman–Crippen MR) is 80.0 cm³/mol. The molecule has 0 aliphatic carbocycles. The van der Waals surface area contributed by atoms with Crippen LogP contribution < -0.4 is 15.4 Å². The van der Waals surface area contributed by atoms with Crippen molar-refractivity contribution in [3.05, 3.63) is 28.3 Å². The Balaban J connectivity index is 2.11. The third-order valence-electron chi connectivity index (χ3n) is 3.07. The number of nitro benzene ring substituents is 1. The maximum absolute atomic E-state index is 11.3. The number of rotatable bonds is 6. The van der Waals surface area contributed by atoms with Crippen molar-refractivity contribution in [2.24, 2.45) is 0 Å². The molecule has 1 atom stereocenters. The van der Waals surface area contributed by atoms with E-state index in [0.29, 0.717) is 18.8 Å². The molecule has 7 nitrogen and oxygen atoms in total. The highest BCUT2D eigenvalue weighted by Crippen LogP contribution is 2.35. The van der Waals surface area contributed by atoms with E-state index in [0.717, 1.165) is 13.1 Å². The molecule has 7 heteroatoms. The molecule has 2 rings (SSSR count). The second-order valence-electron chi connectivity index (χ2n) is 5.15. The van der Waals surface area contributed by atoms with Crippen LogP contribution in [0.25, 0.3) is 0 Å². The van der Waals surface area contributed by atoms with Crippen molar-refractivity contribution >= 4 is 11.4 Å². The van der Waals surface area contributed by atoms with Gasteiger partial charge >= 0.3 is 5.69 Å². The van der Waals surface area contributed by atoms with E-state index >= 15 is 0 Å². The molecule has 0 radical (unpaired) electrons. The topological polar surface area (TPSA) is 85.7 Å². The van der Waals surface area contributed by atoms with Gasteiger partial charge in [-0.2, -0.15) is 0 Å². The molecule has 0 bridgehead atoms. The Kier molecular flexibility index (Phi) is 5.35. The highest BCUT2D eigenvalue weighted by molar-refractivity contribution is 5.68. The van der Waals surface area contributed by atoms with E-state index in [2.05, 4.69) is 10.6 Å². The average molecular weight is 295 g/mol. The molecule has 1 fully saturated rings. The van der Waals surface area contributed by atoms with Gasteiger partial charge in [-0.1, -0.05) is 6.07 Å². The minimum Gasteiger partial charge on any atom is -0.484 e. The van der Waals surface area contributed by atoms with Crippen molar-refractivity contribution < 1.29 is 14.4 Å². The fourth-order valence-electron chi connectivity index (χ4n) is 2.18. The summed E-state index contributed by atoms with van der Waals surface area (Å²) in [6, 6.07) is 5.04. The van der Waals surface area contributed by atoms with Gasteiger partial charge in [-0.3, -0.25) is 10.1 Å². The molecule has 0 amide bonds. The van der Waals surface area contributed by atoms with E-state index in [1.165, 1.54) is 0 Å². The van der Waals surface area contributed by atoms with Gasteiger partial charge in [0, 0.05) is 19.6 Å². The third-order valence-corrected chi connectivity index (χ3v) is 3.07. The summed E-state index contributed by atoms with van der Waals surface area (Å²) in [6.45, 7) is 6.43. The Morgan fingerprint density at radius 2 is 2.38 bits per heavy atom. The van der Waals surface area contributed by atoms with Gasteiger partial charge in [0.15, 0.2) is 5.75 Å². The standard InChI is InChI=1S/C14H21N3O4/c1-10(2)21-13-5-3-4-12(14(13)17(18)19)16-9-11-8-15-6-7-20-11/h3-5,10-11,15-16H,6-9H2,1-2H3. The lowest BCUT2D eigenvalue weighted by Crippen LogP contribution is -2.42. The summed E-state index contributed by atoms with van der Waals surface area (Å²) in [5.41, 5.74) is 0.419. The molecule has 1 aliphatic heterocycles. The smallest absolute Gasteiger partial charge is 0.333 e. The maximum Gasteiger partial charge on any atom is 0.333 e. The van der Waals surface area contributed by atoms with Crippen molar-refractivity contribution in [3.63, 3.8) is 0 Å². The highest BCUT2D eigenvalue weighted by atomic mass is 16.6. The fourth-order valence-corrected chi connectivity index (χ4v) is 2.18. The van der Waals surface area contributed by atoms with E-state index in [-0.39, 0.29) is 23.6 Å². The molecule has 1 aromatic rings. The Labute approximate surface area is 123 Å². The second-order valence-corrected chi connectivity index (χ2v) is 5.15. The summed E-state index contributed by atoms with van der Waals surface area (Å²) < 4.78 is 11.1. The molecule has 0 aromatic heterocycles. The Morgan fingerprint density at radius 3 is 3.00 bits per heavy atom. The molecule has 1 unspecified atom stereocenters. The minimum atomic E-state index is -0.417. The van der Waals surface area contributed by atoms with Crippen LogP contribution in [0.4, 0.5) is 11.4 Å². The zero-order chi connectivity index (χ0) is 15.2. The van der Waals surface area contributed by atoms with Crippen LogP contribution in [0.2, 0.25) is 0 Å². The Morgan fingerprint density at radius 1 is 1.57 bits per heavy atom. The number of nitro groups is 1. The lowest BCUT2D eigenvalue weighted by molar-refractivity contribution is -0.385. The molecule has 0 saturated carbocycles. The summed E-state index contributed by atoms with van der Waals surface area (Å²) in [5.74, 6) is 0.280. The quantitative estimate of drug-likeness (QED) is 0.614. The van der Waals surface area contributed by atoms with Gasteiger partial charge in [0.25, 0.3) is 0 Å². The Bertz CT molecular complexity index is 487. The first-order valence-corrected chi connectivity index (χ1v) is 7.08. The number of hydrogen-bond acceptors (Lipinski definition) is 6. The number of anilines is 1. The second kappa shape index (κ2) is 7.24. The van der Waals surface area contributed by atoms with Gasteiger partial charge in [0.1, 0.15) is 5.69 Å². The van der Waals surface area contributed by atoms with Crippen LogP contribution in [-0.2, 0) is 4.74 Å². The van der Waals surface area contributed by atoms with Crippen molar-refractivity contribution in [2.75, 3.05) is 31.6 Å². The Hall–Kier alpha value is -1.86. The van der Waals surface area contributed by atoms with Crippen LogP contribution in [0.1, 0.15) is 13.8 Å². The monoisotopic (exact) mass is 295 g/mol. The van der Waals surface area contributed by atoms with E-state index in [9.17, 15) is 10.1 Å². The zero-order valence-corrected chi connectivity index (χ0v) is 12.3. The highest BCUT2D eigenvalue weighted by Gasteiger charge is 2.23. The van der Waals surface area contributed by atoms with E-state index in [1.54, 1.807) is 18.2 Å².